The van der Waals surface area contributed by atoms with E-state index >= 15 is 0 Å². The highest BCUT2D eigenvalue weighted by Gasteiger charge is 2.36. The quantitative estimate of drug-likeness (QED) is 0.846. The number of amides is 1. The number of nitrogens with one attached hydrogen (secondary N) is 1. The number of aliphatic hydroxyl groups is 1. The zero-order valence-corrected chi connectivity index (χ0v) is 15.9. The van der Waals surface area contributed by atoms with Crippen LogP contribution in [-0.4, -0.2) is 28.7 Å². The fourth-order valence-corrected chi connectivity index (χ4v) is 4.70. The van der Waals surface area contributed by atoms with Crippen molar-refractivity contribution in [3.05, 3.63) is 44.9 Å². The van der Waals surface area contributed by atoms with Crippen molar-refractivity contribution in [1.29, 1.82) is 0 Å². The molecule has 2 aliphatic rings. The Morgan fingerprint density at radius 2 is 2.27 bits per heavy atom. The van der Waals surface area contributed by atoms with Crippen LogP contribution in [-0.2, 0) is 12.8 Å². The largest absolute Gasteiger partial charge is 0.493 e. The lowest BCUT2D eigenvalue weighted by Gasteiger charge is -2.38. The maximum absolute atomic E-state index is 12.9. The summed E-state index contributed by atoms with van der Waals surface area (Å²) in [5.74, 6) is 1.13. The van der Waals surface area contributed by atoms with E-state index in [2.05, 4.69) is 16.4 Å². The predicted octanol–water partition coefficient (Wildman–Crippen LogP) is 3.19. The number of aryl methyl sites for hydroxylation is 2. The lowest BCUT2D eigenvalue weighted by molar-refractivity contribution is 0.0235. The Morgan fingerprint density at radius 3 is 2.96 bits per heavy atom. The molecule has 1 saturated carbocycles. The molecule has 0 unspecified atom stereocenters. The molecule has 2 aromatic rings. The molecule has 0 saturated heterocycles. The van der Waals surface area contributed by atoms with E-state index in [1.807, 2.05) is 26.0 Å². The Morgan fingerprint density at radius 1 is 1.46 bits per heavy atom. The van der Waals surface area contributed by atoms with Gasteiger partial charge in [0.1, 0.15) is 10.6 Å². The highest BCUT2D eigenvalue weighted by atomic mass is 32.1. The fraction of sp³-hybridized carbons (Fsp3) is 0.500. The summed E-state index contributed by atoms with van der Waals surface area (Å²) < 4.78 is 5.60. The van der Waals surface area contributed by atoms with Crippen molar-refractivity contribution in [2.45, 2.75) is 51.7 Å². The number of aromatic nitrogens is 1. The average molecular weight is 372 g/mol. The molecule has 5 nitrogen and oxygen atoms in total. The van der Waals surface area contributed by atoms with Gasteiger partial charge in [-0.1, -0.05) is 13.0 Å². The summed E-state index contributed by atoms with van der Waals surface area (Å²) in [5.41, 5.74) is 3.08. The van der Waals surface area contributed by atoms with E-state index in [-0.39, 0.29) is 24.0 Å². The molecule has 1 aromatic heterocycles. The van der Waals surface area contributed by atoms with Crippen molar-refractivity contribution in [2.24, 2.45) is 5.92 Å². The second-order valence-corrected chi connectivity index (χ2v) is 8.26. The number of thiazole rings is 1. The first-order chi connectivity index (χ1) is 12.5. The number of aliphatic hydroxyl groups excluding tert-OH is 1. The first kappa shape index (κ1) is 17.5. The predicted molar refractivity (Wildman–Crippen MR) is 101 cm³/mol. The molecule has 0 spiro atoms. The first-order valence-electron chi connectivity index (χ1n) is 9.26. The molecule has 6 heteroatoms. The third-order valence-electron chi connectivity index (χ3n) is 5.33. The minimum atomic E-state index is -0.256. The maximum Gasteiger partial charge on any atom is 0.263 e. The van der Waals surface area contributed by atoms with Crippen molar-refractivity contribution < 1.29 is 14.6 Å². The third kappa shape index (κ3) is 3.23. The monoisotopic (exact) mass is 372 g/mol. The van der Waals surface area contributed by atoms with Crippen molar-refractivity contribution in [3.8, 4) is 5.75 Å². The Balaban J connectivity index is 1.59. The van der Waals surface area contributed by atoms with Crippen LogP contribution in [0, 0.1) is 12.8 Å². The van der Waals surface area contributed by atoms with Crippen LogP contribution in [0.3, 0.4) is 0 Å². The highest BCUT2D eigenvalue weighted by Crippen LogP contribution is 2.40. The van der Waals surface area contributed by atoms with Gasteiger partial charge in [0.25, 0.3) is 5.91 Å². The molecule has 0 radical (unpaired) electrons. The minimum absolute atomic E-state index is 0.0668. The summed E-state index contributed by atoms with van der Waals surface area (Å²) in [5, 5.41) is 14.0. The van der Waals surface area contributed by atoms with Crippen molar-refractivity contribution in [2.75, 3.05) is 6.61 Å². The van der Waals surface area contributed by atoms with Gasteiger partial charge in [0, 0.05) is 6.42 Å². The van der Waals surface area contributed by atoms with Gasteiger partial charge in [-0.05, 0) is 55.4 Å². The number of fused-ring (bicyclic) bond motifs is 1. The summed E-state index contributed by atoms with van der Waals surface area (Å²) >= 11 is 1.47. The molecule has 1 amide bonds. The van der Waals surface area contributed by atoms with E-state index in [0.717, 1.165) is 54.3 Å². The Bertz CT molecular complexity index is 826. The van der Waals surface area contributed by atoms with Gasteiger partial charge in [-0.3, -0.25) is 4.79 Å². The van der Waals surface area contributed by atoms with E-state index in [1.54, 1.807) is 0 Å². The van der Waals surface area contributed by atoms with E-state index in [9.17, 15) is 9.90 Å². The zero-order valence-electron chi connectivity index (χ0n) is 15.1. The number of ether oxygens (including phenoxy) is 1. The zero-order chi connectivity index (χ0) is 18.3. The van der Waals surface area contributed by atoms with Gasteiger partial charge in [-0.25, -0.2) is 4.98 Å². The number of nitrogens with zero attached hydrogens (tertiary/aromatic N) is 1. The summed E-state index contributed by atoms with van der Waals surface area (Å²) in [6.45, 7) is 4.66. The number of hydrogen-bond acceptors (Lipinski definition) is 5. The van der Waals surface area contributed by atoms with Crippen LogP contribution < -0.4 is 10.1 Å². The van der Waals surface area contributed by atoms with Gasteiger partial charge in [0.05, 0.1) is 29.5 Å². The standard InChI is InChI=1S/C20H24N2O3S/c1-3-17-21-11(2)19(26-17)20(24)22-18(14-9-15(23)10-14)13-4-5-16-12(8-13)6-7-25-16/h4-5,8,14-15,18,23H,3,6-7,9-10H2,1-2H3,(H,22,24)/t14?,15?,18-/m1/s1. The number of benzene rings is 1. The van der Waals surface area contributed by atoms with Gasteiger partial charge >= 0.3 is 0 Å². The molecule has 1 aliphatic carbocycles. The molecule has 4 rings (SSSR count). The molecule has 0 bridgehead atoms. The molecule has 1 atom stereocenters. The van der Waals surface area contributed by atoms with Crippen molar-refractivity contribution in [3.63, 3.8) is 0 Å². The molecular formula is C20H24N2O3S. The van der Waals surface area contributed by atoms with Crippen molar-refractivity contribution in [1.82, 2.24) is 10.3 Å². The van der Waals surface area contributed by atoms with Gasteiger partial charge < -0.3 is 15.2 Å². The Labute approximate surface area is 157 Å². The SMILES string of the molecule is CCc1nc(C)c(C(=O)N[C@H](c2ccc3c(c2)CCO3)C2CC(O)C2)s1. The summed E-state index contributed by atoms with van der Waals surface area (Å²) in [6.07, 6.45) is 2.93. The van der Waals surface area contributed by atoms with Crippen LogP contribution in [0.5, 0.6) is 5.75 Å². The Hall–Kier alpha value is -1.92. The number of carbonyl (C=O) groups is 1. The average Bonchev–Trinajstić information content (AvgIpc) is 3.22. The lowest BCUT2D eigenvalue weighted by atomic mass is 9.75. The summed E-state index contributed by atoms with van der Waals surface area (Å²) in [7, 11) is 0. The van der Waals surface area contributed by atoms with E-state index in [4.69, 9.17) is 4.74 Å². The molecule has 1 aromatic carbocycles. The van der Waals surface area contributed by atoms with Gasteiger partial charge in [-0.15, -0.1) is 11.3 Å². The van der Waals surface area contributed by atoms with Crippen LogP contribution >= 0.6 is 11.3 Å². The fourth-order valence-electron chi connectivity index (χ4n) is 3.80. The molecular weight excluding hydrogens is 348 g/mol. The van der Waals surface area contributed by atoms with E-state index < -0.39 is 0 Å². The van der Waals surface area contributed by atoms with E-state index in [1.165, 1.54) is 16.9 Å². The van der Waals surface area contributed by atoms with Crippen LogP contribution in [0.4, 0.5) is 0 Å². The van der Waals surface area contributed by atoms with Crippen molar-refractivity contribution >= 4 is 17.2 Å². The molecule has 1 aliphatic heterocycles. The van der Waals surface area contributed by atoms with Gasteiger partial charge in [0.15, 0.2) is 0 Å². The van der Waals surface area contributed by atoms with Crippen LogP contribution in [0.1, 0.15) is 57.3 Å². The molecule has 1 fully saturated rings. The van der Waals surface area contributed by atoms with Crippen LogP contribution in [0.2, 0.25) is 0 Å². The minimum Gasteiger partial charge on any atom is -0.493 e. The number of carbonyl (C=O) groups excluding carboxylic acids is 1. The number of rotatable bonds is 5. The summed E-state index contributed by atoms with van der Waals surface area (Å²) in [6, 6.07) is 6.09. The number of hydrogen-bond donors (Lipinski definition) is 2. The third-order valence-corrected chi connectivity index (χ3v) is 6.63. The summed E-state index contributed by atoms with van der Waals surface area (Å²) in [4.78, 5) is 18.1. The highest BCUT2D eigenvalue weighted by molar-refractivity contribution is 7.13. The molecule has 138 valence electrons. The van der Waals surface area contributed by atoms with Gasteiger partial charge in [0.2, 0.25) is 0 Å². The lowest BCUT2D eigenvalue weighted by Crippen LogP contribution is -2.41. The van der Waals surface area contributed by atoms with Gasteiger partial charge in [-0.2, -0.15) is 0 Å². The maximum atomic E-state index is 12.9. The Kier molecular flexibility index (Phi) is 4.71. The molecule has 26 heavy (non-hydrogen) atoms. The van der Waals surface area contributed by atoms with Crippen LogP contribution in [0.15, 0.2) is 18.2 Å². The van der Waals surface area contributed by atoms with Crippen LogP contribution in [0.25, 0.3) is 0 Å². The smallest absolute Gasteiger partial charge is 0.263 e. The first-order valence-corrected chi connectivity index (χ1v) is 10.1. The normalized spacial score (nSPS) is 22.3. The molecule has 2 N–H and O–H groups in total. The second kappa shape index (κ2) is 7.00. The molecule has 2 heterocycles. The van der Waals surface area contributed by atoms with E-state index in [0.29, 0.717) is 4.88 Å². The second-order valence-electron chi connectivity index (χ2n) is 7.18. The topological polar surface area (TPSA) is 71.5 Å².